The summed E-state index contributed by atoms with van der Waals surface area (Å²) in [5.41, 5.74) is -0.822. The highest BCUT2D eigenvalue weighted by Gasteiger charge is 2.37. The fourth-order valence-electron chi connectivity index (χ4n) is 2.12. The second kappa shape index (κ2) is 7.88. The van der Waals surface area contributed by atoms with Crippen molar-refractivity contribution in [1.82, 2.24) is 0 Å². The largest absolute Gasteiger partial charge is 0.544 e. The first kappa shape index (κ1) is 18.4. The molecule has 114 valence electrons. The number of carbonyl (C=O) groups is 1. The van der Waals surface area contributed by atoms with Crippen LogP contribution in [-0.4, -0.2) is 36.6 Å². The molecule has 19 heavy (non-hydrogen) atoms. The molecule has 0 bridgehead atoms. The lowest BCUT2D eigenvalue weighted by atomic mass is 9.99. The molecule has 0 aromatic rings. The van der Waals surface area contributed by atoms with E-state index in [0.717, 1.165) is 18.9 Å². The van der Waals surface area contributed by atoms with E-state index in [1.54, 1.807) is 13.8 Å². The lowest BCUT2D eigenvalue weighted by molar-refractivity contribution is -0.930. The Labute approximate surface area is 119 Å². The summed E-state index contributed by atoms with van der Waals surface area (Å²) < 4.78 is 0.487. The molecule has 0 N–H and O–H groups in total. The Balaban J connectivity index is 3.85. The molecule has 0 heterocycles. The third kappa shape index (κ3) is 6.42. The summed E-state index contributed by atoms with van der Waals surface area (Å²) in [5, 5.41) is 11.2. The molecular weight excluding hydrogens is 238 g/mol. The Bertz CT molecular complexity index is 270. The van der Waals surface area contributed by atoms with Crippen LogP contribution in [0.25, 0.3) is 0 Å². The molecule has 0 radical (unpaired) electrons. The van der Waals surface area contributed by atoms with Gasteiger partial charge in [0.15, 0.2) is 0 Å². The topological polar surface area (TPSA) is 40.1 Å². The highest BCUT2D eigenvalue weighted by atomic mass is 16.4. The van der Waals surface area contributed by atoms with Gasteiger partial charge in [-0.2, -0.15) is 0 Å². The molecule has 3 heteroatoms. The van der Waals surface area contributed by atoms with Gasteiger partial charge in [-0.1, -0.05) is 39.5 Å². The van der Waals surface area contributed by atoms with Crippen molar-refractivity contribution < 1.29 is 14.4 Å². The number of carboxylic acid groups (broad SMARTS) is 1. The number of carboxylic acids is 1. The second-order valence-electron chi connectivity index (χ2n) is 7.21. The van der Waals surface area contributed by atoms with Crippen LogP contribution in [0, 0.1) is 5.92 Å². The number of rotatable bonds is 10. The fourth-order valence-corrected chi connectivity index (χ4v) is 2.12. The quantitative estimate of drug-likeness (QED) is 0.452. The summed E-state index contributed by atoms with van der Waals surface area (Å²) in [4.78, 5) is 11.2. The van der Waals surface area contributed by atoms with Crippen LogP contribution in [0.2, 0.25) is 0 Å². The SMILES string of the molecule is CC(C)CCCCCCC[N+](C)(C)C(C)(C)C(=O)[O-]. The Morgan fingerprint density at radius 2 is 1.53 bits per heavy atom. The van der Waals surface area contributed by atoms with E-state index in [4.69, 9.17) is 0 Å². The van der Waals surface area contributed by atoms with Gasteiger partial charge in [-0.05, 0) is 32.6 Å². The number of nitrogens with zero attached hydrogens (tertiary/aromatic N) is 1. The average Bonchev–Trinajstić information content (AvgIpc) is 2.26. The first-order valence-corrected chi connectivity index (χ1v) is 7.66. The van der Waals surface area contributed by atoms with Crippen molar-refractivity contribution in [3.05, 3.63) is 0 Å². The van der Waals surface area contributed by atoms with Crippen LogP contribution in [0.1, 0.15) is 66.2 Å². The predicted octanol–water partition coefficient (Wildman–Crippen LogP) is 2.59. The van der Waals surface area contributed by atoms with Crippen LogP contribution in [0.4, 0.5) is 0 Å². The van der Waals surface area contributed by atoms with Crippen molar-refractivity contribution in [3.8, 4) is 0 Å². The summed E-state index contributed by atoms with van der Waals surface area (Å²) >= 11 is 0. The molecule has 0 amide bonds. The van der Waals surface area contributed by atoms with Gasteiger partial charge < -0.3 is 14.4 Å². The zero-order valence-electron chi connectivity index (χ0n) is 13.8. The molecule has 0 aromatic heterocycles. The molecular formula is C16H33NO2. The van der Waals surface area contributed by atoms with Crippen LogP contribution in [0.5, 0.6) is 0 Å². The van der Waals surface area contributed by atoms with Gasteiger partial charge in [-0.25, -0.2) is 0 Å². The van der Waals surface area contributed by atoms with Crippen LogP contribution in [-0.2, 0) is 4.79 Å². The van der Waals surface area contributed by atoms with Gasteiger partial charge in [0.2, 0.25) is 0 Å². The lowest BCUT2D eigenvalue weighted by Crippen LogP contribution is -2.64. The molecule has 0 saturated carbocycles. The van der Waals surface area contributed by atoms with Crippen molar-refractivity contribution in [2.75, 3.05) is 20.6 Å². The first-order valence-electron chi connectivity index (χ1n) is 7.66. The van der Waals surface area contributed by atoms with Crippen molar-refractivity contribution >= 4 is 5.97 Å². The van der Waals surface area contributed by atoms with Crippen molar-refractivity contribution in [2.24, 2.45) is 5.92 Å². The molecule has 0 fully saturated rings. The van der Waals surface area contributed by atoms with Gasteiger partial charge in [0.25, 0.3) is 0 Å². The van der Waals surface area contributed by atoms with Gasteiger partial charge in [0.1, 0.15) is 11.5 Å². The Hall–Kier alpha value is -0.570. The minimum absolute atomic E-state index is 0.487. The monoisotopic (exact) mass is 271 g/mol. The van der Waals surface area contributed by atoms with Crippen LogP contribution < -0.4 is 5.11 Å². The van der Waals surface area contributed by atoms with Gasteiger partial charge in [-0.15, -0.1) is 0 Å². The Morgan fingerprint density at radius 1 is 1.05 bits per heavy atom. The maximum Gasteiger partial charge on any atom is 0.133 e. The molecule has 0 unspecified atom stereocenters. The van der Waals surface area contributed by atoms with E-state index < -0.39 is 11.5 Å². The Kier molecular flexibility index (Phi) is 7.65. The van der Waals surface area contributed by atoms with E-state index in [2.05, 4.69) is 13.8 Å². The maximum atomic E-state index is 11.2. The zero-order chi connectivity index (χ0) is 15.1. The summed E-state index contributed by atoms with van der Waals surface area (Å²) in [6, 6.07) is 0. The number of quaternary nitrogens is 1. The summed E-state index contributed by atoms with van der Waals surface area (Å²) in [6.45, 7) is 8.94. The molecule has 0 aliphatic rings. The number of carbonyl (C=O) groups excluding carboxylic acids is 1. The van der Waals surface area contributed by atoms with E-state index in [1.165, 1.54) is 32.1 Å². The number of hydrogen-bond acceptors (Lipinski definition) is 2. The molecule has 0 saturated heterocycles. The molecule has 0 aliphatic carbocycles. The van der Waals surface area contributed by atoms with Gasteiger partial charge in [0.05, 0.1) is 20.6 Å². The maximum absolute atomic E-state index is 11.2. The standard InChI is InChI=1S/C16H33NO2/c1-14(2)12-10-8-7-9-11-13-17(5,6)16(3,4)15(18)19/h14H,7-13H2,1-6H3. The van der Waals surface area contributed by atoms with E-state index in [0.29, 0.717) is 4.48 Å². The summed E-state index contributed by atoms with van der Waals surface area (Å²) in [7, 11) is 3.96. The third-order valence-electron chi connectivity index (χ3n) is 4.51. The third-order valence-corrected chi connectivity index (χ3v) is 4.51. The van der Waals surface area contributed by atoms with Gasteiger partial charge in [-0.3, -0.25) is 0 Å². The number of hydrogen-bond donors (Lipinski definition) is 0. The molecule has 0 spiro atoms. The molecule has 3 nitrogen and oxygen atoms in total. The van der Waals surface area contributed by atoms with E-state index in [-0.39, 0.29) is 0 Å². The van der Waals surface area contributed by atoms with Gasteiger partial charge in [0, 0.05) is 0 Å². The van der Waals surface area contributed by atoms with Crippen molar-refractivity contribution in [3.63, 3.8) is 0 Å². The smallest absolute Gasteiger partial charge is 0.133 e. The highest BCUT2D eigenvalue weighted by molar-refractivity contribution is 5.73. The lowest BCUT2D eigenvalue weighted by Gasteiger charge is -2.45. The van der Waals surface area contributed by atoms with Crippen molar-refractivity contribution in [1.29, 1.82) is 0 Å². The van der Waals surface area contributed by atoms with Crippen LogP contribution >= 0.6 is 0 Å². The van der Waals surface area contributed by atoms with E-state index in [9.17, 15) is 9.90 Å². The molecule has 0 aromatic carbocycles. The van der Waals surface area contributed by atoms with Crippen LogP contribution in [0.3, 0.4) is 0 Å². The Morgan fingerprint density at radius 3 is 2.00 bits per heavy atom. The van der Waals surface area contributed by atoms with E-state index >= 15 is 0 Å². The zero-order valence-corrected chi connectivity index (χ0v) is 13.8. The van der Waals surface area contributed by atoms with Crippen LogP contribution in [0.15, 0.2) is 0 Å². The number of aliphatic carboxylic acids is 1. The number of likely N-dealkylation sites (N-methyl/N-ethyl adjacent to an activating group) is 1. The predicted molar refractivity (Wildman–Crippen MR) is 78.6 cm³/mol. The average molecular weight is 271 g/mol. The molecule has 0 atom stereocenters. The second-order valence-corrected chi connectivity index (χ2v) is 7.21. The van der Waals surface area contributed by atoms with Gasteiger partial charge >= 0.3 is 0 Å². The first-order chi connectivity index (χ1) is 8.61. The summed E-state index contributed by atoms with van der Waals surface area (Å²) in [6.07, 6.45) is 7.49. The minimum Gasteiger partial charge on any atom is -0.544 e. The number of unbranched alkanes of at least 4 members (excludes halogenated alkanes) is 4. The fraction of sp³-hybridized carbons (Fsp3) is 0.938. The van der Waals surface area contributed by atoms with E-state index in [1.807, 2.05) is 14.1 Å². The molecule has 0 rings (SSSR count). The van der Waals surface area contributed by atoms with Crippen molar-refractivity contribution in [2.45, 2.75) is 71.8 Å². The highest BCUT2D eigenvalue weighted by Crippen LogP contribution is 2.21. The normalized spacial score (nSPS) is 13.0. The molecule has 0 aliphatic heterocycles. The summed E-state index contributed by atoms with van der Waals surface area (Å²) in [5.74, 6) is -0.158. The minimum atomic E-state index is -0.963.